The smallest absolute Gasteiger partial charge is 0.236 e. The molecule has 1 atom stereocenters. The van der Waals surface area contributed by atoms with Crippen LogP contribution in [-0.4, -0.2) is 60.7 Å². The summed E-state index contributed by atoms with van der Waals surface area (Å²) in [4.78, 5) is 24.7. The predicted octanol–water partition coefficient (Wildman–Crippen LogP) is 1.50. The lowest BCUT2D eigenvalue weighted by molar-refractivity contribution is -0.137. The van der Waals surface area contributed by atoms with Crippen molar-refractivity contribution in [1.29, 1.82) is 0 Å². The first-order valence-corrected chi connectivity index (χ1v) is 7.32. The molecular weight excluding hydrogens is 280 g/mol. The number of benzene rings is 1. The molecule has 1 aromatic rings. The van der Waals surface area contributed by atoms with Crippen LogP contribution in [0.3, 0.4) is 0 Å². The third kappa shape index (κ3) is 3.10. The minimum Gasteiger partial charge on any atom is -0.390 e. The Morgan fingerprint density at radius 1 is 1.36 bits per heavy atom. The van der Waals surface area contributed by atoms with Crippen molar-refractivity contribution in [3.63, 3.8) is 0 Å². The van der Waals surface area contributed by atoms with Gasteiger partial charge in [0.25, 0.3) is 0 Å². The Labute approximate surface area is 129 Å². The maximum Gasteiger partial charge on any atom is 0.236 e. The number of carbonyl (C=O) groups excluding carboxylic acids is 1. The average molecular weight is 298 g/mol. The van der Waals surface area contributed by atoms with Gasteiger partial charge in [0.05, 0.1) is 25.4 Å². The maximum absolute atomic E-state index is 12.0. The van der Waals surface area contributed by atoms with Gasteiger partial charge in [0.15, 0.2) is 11.8 Å². The minimum absolute atomic E-state index is 0.0807. The Morgan fingerprint density at radius 2 is 2.14 bits per heavy atom. The molecule has 1 fully saturated rings. The molecule has 6 heteroatoms. The molecule has 6 nitrogen and oxygen atoms in total. The second kappa shape index (κ2) is 6.16. The molecule has 0 aromatic heterocycles. The van der Waals surface area contributed by atoms with Crippen LogP contribution < -0.4 is 0 Å². The first-order chi connectivity index (χ1) is 10.7. The Kier molecular flexibility index (Phi) is 4.07. The van der Waals surface area contributed by atoms with Crippen LogP contribution in [0, 0.1) is 6.57 Å². The molecular formula is C16H18N4O2. The number of nitrogens with zero attached hydrogens (tertiary/aromatic N) is 4. The molecule has 2 aliphatic heterocycles. The lowest BCUT2D eigenvalue weighted by atomic mass is 10.0. The molecule has 0 aliphatic carbocycles. The van der Waals surface area contributed by atoms with Crippen LogP contribution >= 0.6 is 0 Å². The molecule has 114 valence electrons. The van der Waals surface area contributed by atoms with E-state index in [-0.39, 0.29) is 12.0 Å². The lowest BCUT2D eigenvalue weighted by Crippen LogP contribution is -2.50. The van der Waals surface area contributed by atoms with Crippen LogP contribution in [0.5, 0.6) is 0 Å². The van der Waals surface area contributed by atoms with E-state index in [0.29, 0.717) is 25.2 Å². The first kappa shape index (κ1) is 14.5. The third-order valence-corrected chi connectivity index (χ3v) is 4.00. The van der Waals surface area contributed by atoms with Gasteiger partial charge in [-0.2, -0.15) is 0 Å². The van der Waals surface area contributed by atoms with Crippen LogP contribution in [-0.2, 0) is 9.63 Å². The second-order valence-corrected chi connectivity index (χ2v) is 5.71. The van der Waals surface area contributed by atoms with Gasteiger partial charge in [0.2, 0.25) is 5.91 Å². The first-order valence-electron chi connectivity index (χ1n) is 7.32. The van der Waals surface area contributed by atoms with Crippen LogP contribution in [0.4, 0.5) is 5.69 Å². The van der Waals surface area contributed by atoms with Crippen molar-refractivity contribution >= 4 is 17.3 Å². The summed E-state index contributed by atoms with van der Waals surface area (Å²) in [5, 5.41) is 4.14. The van der Waals surface area contributed by atoms with Gasteiger partial charge in [-0.15, -0.1) is 0 Å². The zero-order chi connectivity index (χ0) is 15.5. The van der Waals surface area contributed by atoms with Gasteiger partial charge in [-0.3, -0.25) is 9.69 Å². The molecule has 22 heavy (non-hydrogen) atoms. The van der Waals surface area contributed by atoms with Crippen molar-refractivity contribution < 1.29 is 9.63 Å². The molecule has 1 aromatic carbocycles. The van der Waals surface area contributed by atoms with Gasteiger partial charge in [0, 0.05) is 19.5 Å². The highest BCUT2D eigenvalue weighted by atomic mass is 16.6. The summed E-state index contributed by atoms with van der Waals surface area (Å²) in [6, 6.07) is 7.34. The number of rotatable bonds is 3. The molecule has 1 saturated heterocycles. The van der Waals surface area contributed by atoms with E-state index >= 15 is 0 Å². The lowest BCUT2D eigenvalue weighted by Gasteiger charge is -2.33. The summed E-state index contributed by atoms with van der Waals surface area (Å²) in [5.41, 5.74) is 2.46. The standard InChI is InChI=1S/C16H18N4O2/c1-17-13-5-3-12(4-6-13)15-9-14(22-18-15)10-20-8-7-19(2)11-16(20)21/h3-6,14H,7-11H2,2H3. The van der Waals surface area contributed by atoms with E-state index < -0.39 is 0 Å². The van der Waals surface area contributed by atoms with E-state index in [1.165, 1.54) is 0 Å². The summed E-state index contributed by atoms with van der Waals surface area (Å²) in [6.45, 7) is 9.65. The number of piperazine rings is 1. The number of carbonyl (C=O) groups is 1. The molecule has 2 heterocycles. The highest BCUT2D eigenvalue weighted by molar-refractivity contribution is 6.01. The molecule has 0 saturated carbocycles. The van der Waals surface area contributed by atoms with Crippen LogP contribution in [0.25, 0.3) is 4.85 Å². The van der Waals surface area contributed by atoms with E-state index in [9.17, 15) is 4.79 Å². The number of hydrogen-bond donors (Lipinski definition) is 0. The van der Waals surface area contributed by atoms with Crippen molar-refractivity contribution in [1.82, 2.24) is 9.80 Å². The van der Waals surface area contributed by atoms with Gasteiger partial charge in [-0.25, -0.2) is 4.85 Å². The number of amides is 1. The van der Waals surface area contributed by atoms with Crippen molar-refractivity contribution in [3.05, 3.63) is 41.2 Å². The van der Waals surface area contributed by atoms with E-state index in [1.54, 1.807) is 12.1 Å². The summed E-state index contributed by atoms with van der Waals surface area (Å²) >= 11 is 0. The Morgan fingerprint density at radius 3 is 2.82 bits per heavy atom. The predicted molar refractivity (Wildman–Crippen MR) is 82.8 cm³/mol. The summed E-state index contributed by atoms with van der Waals surface area (Å²) < 4.78 is 0. The van der Waals surface area contributed by atoms with Crippen molar-refractivity contribution in [2.24, 2.45) is 5.16 Å². The Hall–Kier alpha value is -2.39. The minimum atomic E-state index is -0.0807. The molecule has 0 bridgehead atoms. The van der Waals surface area contributed by atoms with Gasteiger partial charge >= 0.3 is 0 Å². The van der Waals surface area contributed by atoms with E-state index in [0.717, 1.165) is 24.4 Å². The molecule has 1 amide bonds. The number of hydrogen-bond acceptors (Lipinski definition) is 4. The summed E-state index contributed by atoms with van der Waals surface area (Å²) in [5.74, 6) is 0.146. The van der Waals surface area contributed by atoms with Gasteiger partial charge in [-0.1, -0.05) is 29.4 Å². The average Bonchev–Trinajstić information content (AvgIpc) is 2.99. The molecule has 0 radical (unpaired) electrons. The molecule has 0 spiro atoms. The molecule has 1 unspecified atom stereocenters. The van der Waals surface area contributed by atoms with Crippen LogP contribution in [0.15, 0.2) is 29.4 Å². The molecule has 3 rings (SSSR count). The Bertz CT molecular complexity index is 633. The molecule has 0 N–H and O–H groups in total. The maximum atomic E-state index is 12.0. The van der Waals surface area contributed by atoms with E-state index in [1.807, 2.05) is 29.0 Å². The zero-order valence-electron chi connectivity index (χ0n) is 12.5. The largest absolute Gasteiger partial charge is 0.390 e. The second-order valence-electron chi connectivity index (χ2n) is 5.71. The highest BCUT2D eigenvalue weighted by Crippen LogP contribution is 2.20. The van der Waals surface area contributed by atoms with Crippen LogP contribution in [0.2, 0.25) is 0 Å². The fraction of sp³-hybridized carbons (Fsp3) is 0.438. The van der Waals surface area contributed by atoms with Crippen molar-refractivity contribution in [2.75, 3.05) is 33.2 Å². The van der Waals surface area contributed by atoms with Gasteiger partial charge < -0.3 is 9.74 Å². The normalized spacial score (nSPS) is 22.2. The number of likely N-dealkylation sites (N-methyl/N-ethyl adjacent to an activating group) is 1. The SMILES string of the molecule is [C-]#[N+]c1ccc(C2=NOC(CN3CCN(C)CC3=O)C2)cc1. The van der Waals surface area contributed by atoms with Gasteiger partial charge in [0.1, 0.15) is 0 Å². The summed E-state index contributed by atoms with van der Waals surface area (Å²) in [7, 11) is 1.95. The van der Waals surface area contributed by atoms with E-state index in [2.05, 4.69) is 10.0 Å². The van der Waals surface area contributed by atoms with Crippen molar-refractivity contribution in [3.8, 4) is 0 Å². The fourth-order valence-electron chi connectivity index (χ4n) is 2.69. The monoisotopic (exact) mass is 298 g/mol. The zero-order valence-corrected chi connectivity index (χ0v) is 12.5. The van der Waals surface area contributed by atoms with Gasteiger partial charge in [-0.05, 0) is 12.6 Å². The highest BCUT2D eigenvalue weighted by Gasteiger charge is 2.28. The topological polar surface area (TPSA) is 49.5 Å². The number of oxime groups is 1. The third-order valence-electron chi connectivity index (χ3n) is 4.00. The molecule has 2 aliphatic rings. The van der Waals surface area contributed by atoms with Crippen LogP contribution in [0.1, 0.15) is 12.0 Å². The van der Waals surface area contributed by atoms with Crippen molar-refractivity contribution in [2.45, 2.75) is 12.5 Å². The summed E-state index contributed by atoms with van der Waals surface area (Å²) in [6.07, 6.45) is 0.611. The fourth-order valence-corrected chi connectivity index (χ4v) is 2.69. The Balaban J connectivity index is 1.57. The van der Waals surface area contributed by atoms with E-state index in [4.69, 9.17) is 11.4 Å². The quantitative estimate of drug-likeness (QED) is 0.795.